The van der Waals surface area contributed by atoms with Crippen LogP contribution in [0.1, 0.15) is 6.92 Å². The molecule has 80 valence electrons. The summed E-state index contributed by atoms with van der Waals surface area (Å²) < 4.78 is 0. The molecule has 5 heteroatoms. The SMILES string of the molecule is C=CCN(CC)C(=O)CNC(=O)CN. The molecule has 2 amide bonds. The predicted molar refractivity (Wildman–Crippen MR) is 54.5 cm³/mol. The average Bonchev–Trinajstić information content (AvgIpc) is 2.21. The van der Waals surface area contributed by atoms with Crippen LogP contribution in [0.5, 0.6) is 0 Å². The van der Waals surface area contributed by atoms with Gasteiger partial charge in [-0.25, -0.2) is 0 Å². The Morgan fingerprint density at radius 2 is 2.21 bits per heavy atom. The van der Waals surface area contributed by atoms with E-state index in [1.54, 1.807) is 11.0 Å². The zero-order valence-electron chi connectivity index (χ0n) is 8.45. The van der Waals surface area contributed by atoms with Gasteiger partial charge in [0.15, 0.2) is 0 Å². The van der Waals surface area contributed by atoms with E-state index in [-0.39, 0.29) is 24.9 Å². The number of carbonyl (C=O) groups excluding carboxylic acids is 2. The van der Waals surface area contributed by atoms with Gasteiger partial charge < -0.3 is 16.0 Å². The number of carbonyl (C=O) groups is 2. The molecule has 5 nitrogen and oxygen atoms in total. The van der Waals surface area contributed by atoms with Gasteiger partial charge >= 0.3 is 0 Å². The molecule has 0 rings (SSSR count). The van der Waals surface area contributed by atoms with Crippen LogP contribution in [0.15, 0.2) is 12.7 Å². The van der Waals surface area contributed by atoms with E-state index in [0.717, 1.165) is 0 Å². The van der Waals surface area contributed by atoms with Gasteiger partial charge in [0.2, 0.25) is 11.8 Å². The van der Waals surface area contributed by atoms with Gasteiger partial charge in [-0.2, -0.15) is 0 Å². The molecule has 0 radical (unpaired) electrons. The summed E-state index contributed by atoms with van der Waals surface area (Å²) in [6, 6.07) is 0. The number of rotatable bonds is 6. The molecular formula is C9H17N3O2. The zero-order valence-corrected chi connectivity index (χ0v) is 8.45. The molecule has 0 aromatic heterocycles. The van der Waals surface area contributed by atoms with Crippen LogP contribution in [0.4, 0.5) is 0 Å². The van der Waals surface area contributed by atoms with Crippen molar-refractivity contribution in [1.82, 2.24) is 10.2 Å². The highest BCUT2D eigenvalue weighted by Gasteiger charge is 2.10. The van der Waals surface area contributed by atoms with Gasteiger partial charge in [0.05, 0.1) is 13.1 Å². The molecule has 0 saturated carbocycles. The summed E-state index contributed by atoms with van der Waals surface area (Å²) in [7, 11) is 0. The second-order valence-corrected chi connectivity index (χ2v) is 2.70. The highest BCUT2D eigenvalue weighted by molar-refractivity contribution is 5.85. The molecule has 0 bridgehead atoms. The van der Waals surface area contributed by atoms with Gasteiger partial charge in [0.25, 0.3) is 0 Å². The number of likely N-dealkylation sites (N-methyl/N-ethyl adjacent to an activating group) is 1. The van der Waals surface area contributed by atoms with Crippen molar-refractivity contribution < 1.29 is 9.59 Å². The summed E-state index contributed by atoms with van der Waals surface area (Å²) in [4.78, 5) is 23.8. The summed E-state index contributed by atoms with van der Waals surface area (Å²) >= 11 is 0. The lowest BCUT2D eigenvalue weighted by Gasteiger charge is -2.18. The van der Waals surface area contributed by atoms with Crippen LogP contribution in [0.2, 0.25) is 0 Å². The molecule has 0 aromatic carbocycles. The molecule has 0 saturated heterocycles. The fourth-order valence-electron chi connectivity index (χ4n) is 0.921. The van der Waals surface area contributed by atoms with E-state index in [1.165, 1.54) is 0 Å². The first-order chi connectivity index (χ1) is 6.65. The molecule has 0 aliphatic heterocycles. The predicted octanol–water partition coefficient (Wildman–Crippen LogP) is -0.904. The molecule has 0 aromatic rings. The summed E-state index contributed by atoms with van der Waals surface area (Å²) in [5, 5.41) is 2.42. The minimum absolute atomic E-state index is 0.00227. The van der Waals surface area contributed by atoms with Gasteiger partial charge in [-0.15, -0.1) is 6.58 Å². The Hall–Kier alpha value is -1.36. The maximum atomic E-state index is 11.4. The van der Waals surface area contributed by atoms with Crippen molar-refractivity contribution in [2.75, 3.05) is 26.2 Å². The first-order valence-corrected chi connectivity index (χ1v) is 4.51. The smallest absolute Gasteiger partial charge is 0.242 e. The fraction of sp³-hybridized carbons (Fsp3) is 0.556. The zero-order chi connectivity index (χ0) is 11.0. The highest BCUT2D eigenvalue weighted by Crippen LogP contribution is 1.88. The average molecular weight is 199 g/mol. The van der Waals surface area contributed by atoms with Gasteiger partial charge in [0.1, 0.15) is 0 Å². The Bertz CT molecular complexity index is 216. The second kappa shape index (κ2) is 7.08. The minimum atomic E-state index is -0.326. The molecule has 0 fully saturated rings. The fourth-order valence-corrected chi connectivity index (χ4v) is 0.921. The van der Waals surface area contributed by atoms with E-state index >= 15 is 0 Å². The van der Waals surface area contributed by atoms with Crippen LogP contribution in [0, 0.1) is 0 Å². The lowest BCUT2D eigenvalue weighted by Crippen LogP contribution is -2.41. The van der Waals surface area contributed by atoms with E-state index in [9.17, 15) is 9.59 Å². The number of amides is 2. The van der Waals surface area contributed by atoms with Gasteiger partial charge in [-0.3, -0.25) is 9.59 Å². The normalized spacial score (nSPS) is 9.29. The standard InChI is InChI=1S/C9H17N3O2/c1-3-5-12(4-2)9(14)7-11-8(13)6-10/h3H,1,4-7,10H2,2H3,(H,11,13). The van der Waals surface area contributed by atoms with Crippen molar-refractivity contribution in [3.05, 3.63) is 12.7 Å². The van der Waals surface area contributed by atoms with Crippen molar-refractivity contribution in [3.8, 4) is 0 Å². The van der Waals surface area contributed by atoms with Crippen LogP contribution in [0.25, 0.3) is 0 Å². The largest absolute Gasteiger partial charge is 0.346 e. The van der Waals surface area contributed by atoms with Crippen LogP contribution >= 0.6 is 0 Å². The molecule has 0 spiro atoms. The molecule has 0 aliphatic carbocycles. The van der Waals surface area contributed by atoms with Crippen molar-refractivity contribution >= 4 is 11.8 Å². The topological polar surface area (TPSA) is 75.4 Å². The molecule has 0 unspecified atom stereocenters. The molecule has 14 heavy (non-hydrogen) atoms. The van der Waals surface area contributed by atoms with Gasteiger partial charge in [0, 0.05) is 13.1 Å². The van der Waals surface area contributed by atoms with E-state index in [1.807, 2.05) is 6.92 Å². The van der Waals surface area contributed by atoms with Crippen LogP contribution in [-0.2, 0) is 9.59 Å². The van der Waals surface area contributed by atoms with Crippen LogP contribution in [0.3, 0.4) is 0 Å². The molecule has 0 aliphatic rings. The third-order valence-corrected chi connectivity index (χ3v) is 1.71. The molecular weight excluding hydrogens is 182 g/mol. The monoisotopic (exact) mass is 199 g/mol. The Morgan fingerprint density at radius 1 is 1.57 bits per heavy atom. The Labute approximate surface area is 83.9 Å². The number of hydrogen-bond acceptors (Lipinski definition) is 3. The Kier molecular flexibility index (Phi) is 6.39. The summed E-state index contributed by atoms with van der Waals surface area (Å²) in [5.74, 6) is -0.456. The Balaban J connectivity index is 3.91. The van der Waals surface area contributed by atoms with Crippen LogP contribution < -0.4 is 11.1 Å². The lowest BCUT2D eigenvalue weighted by molar-refractivity contribution is -0.132. The number of hydrogen-bond donors (Lipinski definition) is 2. The van der Waals surface area contributed by atoms with Crippen molar-refractivity contribution in [3.63, 3.8) is 0 Å². The summed E-state index contributed by atoms with van der Waals surface area (Å²) in [6.45, 7) is 6.40. The maximum Gasteiger partial charge on any atom is 0.242 e. The first-order valence-electron chi connectivity index (χ1n) is 4.51. The van der Waals surface area contributed by atoms with Crippen molar-refractivity contribution in [1.29, 1.82) is 0 Å². The lowest BCUT2D eigenvalue weighted by atomic mass is 10.4. The third-order valence-electron chi connectivity index (χ3n) is 1.71. The van der Waals surface area contributed by atoms with Gasteiger partial charge in [-0.1, -0.05) is 6.08 Å². The van der Waals surface area contributed by atoms with E-state index in [0.29, 0.717) is 13.1 Å². The minimum Gasteiger partial charge on any atom is -0.346 e. The molecule has 0 atom stereocenters. The van der Waals surface area contributed by atoms with Crippen molar-refractivity contribution in [2.45, 2.75) is 6.92 Å². The van der Waals surface area contributed by atoms with Gasteiger partial charge in [-0.05, 0) is 6.92 Å². The number of nitrogens with two attached hydrogens (primary N) is 1. The summed E-state index contributed by atoms with van der Waals surface area (Å²) in [6.07, 6.45) is 1.64. The Morgan fingerprint density at radius 3 is 2.64 bits per heavy atom. The number of nitrogens with zero attached hydrogens (tertiary/aromatic N) is 1. The molecule has 3 N–H and O–H groups in total. The quantitative estimate of drug-likeness (QED) is 0.544. The first kappa shape index (κ1) is 12.6. The van der Waals surface area contributed by atoms with E-state index in [4.69, 9.17) is 5.73 Å². The van der Waals surface area contributed by atoms with E-state index in [2.05, 4.69) is 11.9 Å². The van der Waals surface area contributed by atoms with E-state index < -0.39 is 0 Å². The number of nitrogens with one attached hydrogen (secondary N) is 1. The highest BCUT2D eigenvalue weighted by atomic mass is 16.2. The maximum absolute atomic E-state index is 11.4. The van der Waals surface area contributed by atoms with Crippen molar-refractivity contribution in [2.24, 2.45) is 5.73 Å². The van der Waals surface area contributed by atoms with Crippen LogP contribution in [-0.4, -0.2) is 42.9 Å². The summed E-state index contributed by atoms with van der Waals surface area (Å²) in [5.41, 5.74) is 5.07. The second-order valence-electron chi connectivity index (χ2n) is 2.70. The molecule has 0 heterocycles. The third kappa shape index (κ3) is 4.61.